The van der Waals surface area contributed by atoms with Crippen molar-refractivity contribution < 1.29 is 33.8 Å². The number of carboxylic acid groups (broad SMARTS) is 2. The number of nitrogens with zero attached hydrogens (tertiary/aromatic N) is 1. The van der Waals surface area contributed by atoms with E-state index in [1.807, 2.05) is 37.3 Å². The first-order valence-electron chi connectivity index (χ1n) is 10.7. The van der Waals surface area contributed by atoms with Crippen molar-refractivity contribution in [2.24, 2.45) is 5.41 Å². The maximum Gasteiger partial charge on any atom is 0.374 e. The van der Waals surface area contributed by atoms with Crippen LogP contribution in [0.4, 0.5) is 0 Å². The lowest BCUT2D eigenvalue weighted by Gasteiger charge is -2.30. The highest BCUT2D eigenvalue weighted by Gasteiger charge is 2.24. The predicted molar refractivity (Wildman–Crippen MR) is 125 cm³/mol. The largest absolute Gasteiger partial charge is 0.478 e. The molecule has 0 amide bonds. The van der Waals surface area contributed by atoms with E-state index in [-0.39, 0.29) is 11.2 Å². The molecule has 0 bridgehead atoms. The number of rotatable bonds is 10. The molecule has 0 radical (unpaired) electrons. The second-order valence-electron chi connectivity index (χ2n) is 8.24. The van der Waals surface area contributed by atoms with E-state index in [0.29, 0.717) is 24.5 Å². The van der Waals surface area contributed by atoms with Gasteiger partial charge in [0.2, 0.25) is 5.76 Å². The minimum Gasteiger partial charge on any atom is -0.478 e. The lowest BCUT2D eigenvalue weighted by Crippen LogP contribution is -2.37. The topological polar surface area (TPSA) is 117 Å². The molecule has 0 atom stereocenters. The Hall–Kier alpha value is -3.39. The van der Waals surface area contributed by atoms with Gasteiger partial charge in [-0.3, -0.25) is 0 Å². The van der Waals surface area contributed by atoms with Gasteiger partial charge in [-0.2, -0.15) is 0 Å². The van der Waals surface area contributed by atoms with Crippen LogP contribution < -0.4 is 0 Å². The fourth-order valence-corrected chi connectivity index (χ4v) is 2.89. The van der Waals surface area contributed by atoms with Crippen LogP contribution in [0, 0.1) is 12.3 Å². The highest BCUT2D eigenvalue weighted by atomic mass is 16.5. The van der Waals surface area contributed by atoms with Crippen LogP contribution in [-0.4, -0.2) is 59.3 Å². The van der Waals surface area contributed by atoms with E-state index in [4.69, 9.17) is 19.4 Å². The second kappa shape index (κ2) is 13.2. The molecule has 0 saturated heterocycles. The normalized spacial score (nSPS) is 11.2. The lowest BCUT2D eigenvalue weighted by molar-refractivity contribution is -0.134. The molecule has 8 heteroatoms. The Balaban J connectivity index is 0.000000582. The van der Waals surface area contributed by atoms with Crippen LogP contribution in [0.3, 0.4) is 0 Å². The quantitative estimate of drug-likeness (QED) is 0.394. The van der Waals surface area contributed by atoms with E-state index in [1.54, 1.807) is 6.07 Å². The Morgan fingerprint density at radius 2 is 1.52 bits per heavy atom. The van der Waals surface area contributed by atoms with Gasteiger partial charge < -0.3 is 24.3 Å². The van der Waals surface area contributed by atoms with Crippen LogP contribution in [0.5, 0.6) is 0 Å². The van der Waals surface area contributed by atoms with Crippen LogP contribution in [-0.2, 0) is 14.3 Å². The number of hydrogen-bond donors (Lipinski definition) is 2. The number of esters is 1. The summed E-state index contributed by atoms with van der Waals surface area (Å²) in [5.41, 5.74) is 2.03. The minimum absolute atomic E-state index is 0.103. The summed E-state index contributed by atoms with van der Waals surface area (Å²) in [5, 5.41) is 15.6. The molecule has 2 aromatic rings. The van der Waals surface area contributed by atoms with E-state index >= 15 is 0 Å². The summed E-state index contributed by atoms with van der Waals surface area (Å²) in [5.74, 6) is -2.01. The average Bonchev–Trinajstić information content (AvgIpc) is 3.26. The molecule has 8 nitrogen and oxygen atoms in total. The number of aryl methyl sites for hydroxylation is 1. The van der Waals surface area contributed by atoms with Crippen LogP contribution in [0.2, 0.25) is 0 Å². The summed E-state index contributed by atoms with van der Waals surface area (Å²) in [6.07, 6.45) is 1.12. The maximum absolute atomic E-state index is 12.3. The van der Waals surface area contributed by atoms with E-state index < -0.39 is 17.9 Å². The van der Waals surface area contributed by atoms with Gasteiger partial charge in [0.25, 0.3) is 0 Å². The lowest BCUT2D eigenvalue weighted by atomic mass is 9.94. The standard InChI is InChI=1S/C21H29NO3.C4H4O4/c1-6-22(7-2)14-21(4,5)15-24-20(23)19-13-12-18(25-19)17-10-8-16(3)9-11-17;5-3(6)1-2-4(7)8/h8-13H,6-7,14-15H2,1-5H3;1-2H,(H,5,6)(H,7,8). The van der Waals surface area contributed by atoms with Gasteiger partial charge >= 0.3 is 17.9 Å². The zero-order valence-corrected chi connectivity index (χ0v) is 19.8. The van der Waals surface area contributed by atoms with Gasteiger partial charge in [-0.05, 0) is 32.1 Å². The third-order valence-corrected chi connectivity index (χ3v) is 4.65. The van der Waals surface area contributed by atoms with Crippen molar-refractivity contribution in [1.29, 1.82) is 0 Å². The zero-order chi connectivity index (χ0) is 25.0. The Labute approximate surface area is 194 Å². The minimum atomic E-state index is -1.26. The highest BCUT2D eigenvalue weighted by Crippen LogP contribution is 2.24. The van der Waals surface area contributed by atoms with Crippen LogP contribution in [0.25, 0.3) is 11.3 Å². The summed E-state index contributed by atoms with van der Waals surface area (Å²) in [7, 11) is 0. The molecule has 0 aliphatic carbocycles. The van der Waals surface area contributed by atoms with Crippen molar-refractivity contribution in [3.8, 4) is 11.3 Å². The molecule has 0 fully saturated rings. The van der Waals surface area contributed by atoms with Crippen LogP contribution in [0.15, 0.2) is 53.0 Å². The smallest absolute Gasteiger partial charge is 0.374 e. The Bertz CT molecular complexity index is 922. The molecule has 0 unspecified atom stereocenters. The number of carbonyl (C=O) groups excluding carboxylic acids is 1. The third kappa shape index (κ3) is 10.7. The molecule has 0 spiro atoms. The zero-order valence-electron chi connectivity index (χ0n) is 19.8. The Kier molecular flexibility index (Phi) is 11.1. The summed E-state index contributed by atoms with van der Waals surface area (Å²) in [6.45, 7) is 13.8. The van der Waals surface area contributed by atoms with E-state index in [9.17, 15) is 14.4 Å². The number of carboxylic acids is 2. The molecule has 1 heterocycles. The monoisotopic (exact) mass is 459 g/mol. The highest BCUT2D eigenvalue weighted by molar-refractivity contribution is 5.89. The van der Waals surface area contributed by atoms with Gasteiger partial charge in [0, 0.05) is 29.7 Å². The van der Waals surface area contributed by atoms with Gasteiger partial charge in [-0.1, -0.05) is 57.5 Å². The molecule has 1 aromatic heterocycles. The fourth-order valence-electron chi connectivity index (χ4n) is 2.89. The Morgan fingerprint density at radius 3 is 2.00 bits per heavy atom. The molecule has 0 aliphatic rings. The summed E-state index contributed by atoms with van der Waals surface area (Å²) >= 11 is 0. The van der Waals surface area contributed by atoms with Gasteiger partial charge in [-0.15, -0.1) is 0 Å². The number of furan rings is 1. The predicted octanol–water partition coefficient (Wildman–Crippen LogP) is 4.49. The molecular weight excluding hydrogens is 426 g/mol. The molecule has 2 rings (SSSR count). The number of aliphatic carboxylic acids is 2. The number of carbonyl (C=O) groups is 3. The first-order chi connectivity index (χ1) is 15.5. The van der Waals surface area contributed by atoms with Crippen molar-refractivity contribution in [2.45, 2.75) is 34.6 Å². The molecule has 2 N–H and O–H groups in total. The summed E-state index contributed by atoms with van der Waals surface area (Å²) in [6, 6.07) is 11.5. The van der Waals surface area contributed by atoms with Crippen molar-refractivity contribution in [2.75, 3.05) is 26.2 Å². The van der Waals surface area contributed by atoms with Crippen molar-refractivity contribution >= 4 is 17.9 Å². The first-order valence-corrected chi connectivity index (χ1v) is 10.7. The number of benzene rings is 1. The van der Waals surface area contributed by atoms with E-state index in [1.165, 1.54) is 5.56 Å². The molecule has 0 aliphatic heterocycles. The summed E-state index contributed by atoms with van der Waals surface area (Å²) < 4.78 is 11.2. The molecule has 1 aromatic carbocycles. The average molecular weight is 460 g/mol. The maximum atomic E-state index is 12.3. The van der Waals surface area contributed by atoms with Crippen molar-refractivity contribution in [3.05, 3.63) is 59.9 Å². The summed E-state index contributed by atoms with van der Waals surface area (Å²) in [4.78, 5) is 33.7. The van der Waals surface area contributed by atoms with Crippen molar-refractivity contribution in [3.63, 3.8) is 0 Å². The molecular formula is C25H33NO7. The van der Waals surface area contributed by atoms with Gasteiger partial charge in [0.05, 0.1) is 6.61 Å². The van der Waals surface area contributed by atoms with Gasteiger partial charge in [0.1, 0.15) is 5.76 Å². The second-order valence-corrected chi connectivity index (χ2v) is 8.24. The SMILES string of the molecule is CCN(CC)CC(C)(C)COC(=O)c1ccc(-c2ccc(C)cc2)o1.O=C(O)C=CC(=O)O. The fraction of sp³-hybridized carbons (Fsp3) is 0.400. The van der Waals surface area contributed by atoms with Crippen LogP contribution >= 0.6 is 0 Å². The number of hydrogen-bond acceptors (Lipinski definition) is 6. The third-order valence-electron chi connectivity index (χ3n) is 4.65. The van der Waals surface area contributed by atoms with Crippen molar-refractivity contribution in [1.82, 2.24) is 4.90 Å². The van der Waals surface area contributed by atoms with E-state index in [0.717, 1.165) is 25.2 Å². The van der Waals surface area contributed by atoms with Gasteiger partial charge in [-0.25, -0.2) is 14.4 Å². The van der Waals surface area contributed by atoms with Crippen LogP contribution in [0.1, 0.15) is 43.8 Å². The molecule has 180 valence electrons. The molecule has 0 saturated carbocycles. The molecule has 33 heavy (non-hydrogen) atoms. The van der Waals surface area contributed by atoms with Gasteiger partial charge in [0.15, 0.2) is 0 Å². The first kappa shape index (κ1) is 27.6. The number of ether oxygens (including phenoxy) is 1. The van der Waals surface area contributed by atoms with E-state index in [2.05, 4.69) is 32.6 Å². The Morgan fingerprint density at radius 1 is 0.970 bits per heavy atom.